The van der Waals surface area contributed by atoms with E-state index < -0.39 is 36.1 Å². The summed E-state index contributed by atoms with van der Waals surface area (Å²) >= 11 is 0. The molecule has 1 aromatic rings. The van der Waals surface area contributed by atoms with Gasteiger partial charge in [0.15, 0.2) is 12.0 Å². The number of alkyl halides is 1. The average Bonchev–Trinajstić information content (AvgIpc) is 2.79. The summed E-state index contributed by atoms with van der Waals surface area (Å²) in [5.41, 5.74) is 5.77. The van der Waals surface area contributed by atoms with Gasteiger partial charge in [0.1, 0.15) is 17.8 Å². The molecule has 4 atom stereocenters. The molecule has 3 rings (SSSR count). The van der Waals surface area contributed by atoms with Gasteiger partial charge in [-0.15, -0.1) is 4.91 Å². The summed E-state index contributed by atoms with van der Waals surface area (Å²) in [6.07, 6.45) is 0.109. The van der Waals surface area contributed by atoms with E-state index in [0.29, 0.717) is 25.9 Å². The Labute approximate surface area is 209 Å². The topological polar surface area (TPSA) is 145 Å². The number of rotatable bonds is 7. The van der Waals surface area contributed by atoms with Crippen molar-refractivity contribution >= 4 is 23.2 Å². The summed E-state index contributed by atoms with van der Waals surface area (Å²) in [5, 5.41) is 11.4. The first-order valence-electron chi connectivity index (χ1n) is 12.1. The van der Waals surface area contributed by atoms with Crippen LogP contribution in [0.4, 0.5) is 20.2 Å². The number of hydrogen-bond donors (Lipinski definition) is 4. The zero-order chi connectivity index (χ0) is 26.6. The lowest BCUT2D eigenvalue weighted by Gasteiger charge is -2.40. The second-order valence-electron chi connectivity index (χ2n) is 10.5. The van der Waals surface area contributed by atoms with Gasteiger partial charge < -0.3 is 21.3 Å². The Kier molecular flexibility index (Phi) is 8.90. The van der Waals surface area contributed by atoms with Crippen LogP contribution in [-0.4, -0.2) is 79.0 Å². The lowest BCUT2D eigenvalue weighted by atomic mass is 9.94. The number of carbonyl (C=O) groups is 2. The van der Waals surface area contributed by atoms with Crippen LogP contribution in [0.25, 0.3) is 0 Å². The number of nitrogens with zero attached hydrogens (tertiary/aromatic N) is 4. The third-order valence-electron chi connectivity index (χ3n) is 6.45. The summed E-state index contributed by atoms with van der Waals surface area (Å²) in [4.78, 5) is 44.3. The van der Waals surface area contributed by atoms with Crippen molar-refractivity contribution in [3.8, 4) is 0 Å². The summed E-state index contributed by atoms with van der Waals surface area (Å²) in [5.74, 6) is -2.70. The lowest BCUT2D eigenvalue weighted by Crippen LogP contribution is -2.62. The number of hydrogen-bond acceptors (Lipinski definition) is 9. The maximum absolute atomic E-state index is 15.0. The van der Waals surface area contributed by atoms with Gasteiger partial charge >= 0.3 is 0 Å². The zero-order valence-electron chi connectivity index (χ0n) is 21.1. The van der Waals surface area contributed by atoms with E-state index in [4.69, 9.17) is 5.73 Å². The monoisotopic (exact) mass is 510 g/mol. The van der Waals surface area contributed by atoms with E-state index in [1.807, 2.05) is 20.8 Å². The summed E-state index contributed by atoms with van der Waals surface area (Å²) in [7, 11) is 1.61. The van der Waals surface area contributed by atoms with Crippen molar-refractivity contribution in [2.24, 2.45) is 22.7 Å². The van der Waals surface area contributed by atoms with E-state index in [2.05, 4.69) is 26.1 Å². The molecule has 0 radical (unpaired) electrons. The fourth-order valence-electron chi connectivity index (χ4n) is 4.74. The maximum Gasteiger partial charge on any atom is 0.234 e. The Hall–Kier alpha value is -2.77. The molecule has 200 valence electrons. The average molecular weight is 511 g/mol. The van der Waals surface area contributed by atoms with Gasteiger partial charge in [0.05, 0.1) is 24.2 Å². The first-order chi connectivity index (χ1) is 16.9. The van der Waals surface area contributed by atoms with Crippen LogP contribution in [-0.2, 0) is 9.59 Å². The SMILES string of the molecule is CN1CC(F)CNC1C(C(=O)Nc1cncc(F)c1N1CCC(C(=O)NC(C)(C)C)CC1)C(N)N=O. The third-order valence-corrected chi connectivity index (χ3v) is 6.45. The maximum atomic E-state index is 15.0. The standard InChI is InChI=1S/C23H36F2N8O3/c1-23(2,3)30-21(34)13-5-7-33(8-6-13)18-15(25)10-27-11-16(18)29-22(35)17(19(26)31-36)20-28-9-14(24)12-32(20)4/h10-11,13-14,17,19-20,28H,5-9,12,26H2,1-4H3,(H,29,35)(H,30,34). The molecule has 0 bridgehead atoms. The molecule has 4 unspecified atom stereocenters. The fourth-order valence-corrected chi connectivity index (χ4v) is 4.74. The van der Waals surface area contributed by atoms with Gasteiger partial charge in [0.2, 0.25) is 11.8 Å². The highest BCUT2D eigenvalue weighted by atomic mass is 19.1. The van der Waals surface area contributed by atoms with Crippen LogP contribution in [0.2, 0.25) is 0 Å². The van der Waals surface area contributed by atoms with Gasteiger partial charge in [-0.3, -0.25) is 24.8 Å². The highest BCUT2D eigenvalue weighted by Crippen LogP contribution is 2.33. The van der Waals surface area contributed by atoms with Gasteiger partial charge in [-0.1, -0.05) is 5.18 Å². The Balaban J connectivity index is 1.76. The van der Waals surface area contributed by atoms with E-state index >= 15 is 0 Å². The Morgan fingerprint density at radius 1 is 1.28 bits per heavy atom. The van der Waals surface area contributed by atoms with E-state index in [-0.39, 0.29) is 41.8 Å². The third kappa shape index (κ3) is 6.71. The predicted molar refractivity (Wildman–Crippen MR) is 132 cm³/mol. The van der Waals surface area contributed by atoms with Crippen LogP contribution < -0.4 is 26.6 Å². The van der Waals surface area contributed by atoms with Gasteiger partial charge in [-0.05, 0) is 40.7 Å². The molecule has 1 aromatic heterocycles. The minimum atomic E-state index is -1.41. The van der Waals surface area contributed by atoms with Crippen molar-refractivity contribution in [2.45, 2.75) is 57.7 Å². The highest BCUT2D eigenvalue weighted by Gasteiger charge is 2.40. The Bertz CT molecular complexity index is 952. The molecule has 0 saturated carbocycles. The van der Waals surface area contributed by atoms with Gasteiger partial charge in [0.25, 0.3) is 0 Å². The molecule has 2 aliphatic rings. The molecule has 2 amide bonds. The number of nitrogens with two attached hydrogens (primary N) is 1. The molecule has 0 aromatic carbocycles. The number of anilines is 2. The zero-order valence-corrected chi connectivity index (χ0v) is 21.1. The molecule has 2 saturated heterocycles. The van der Waals surface area contributed by atoms with E-state index in [1.165, 1.54) is 6.20 Å². The van der Waals surface area contributed by atoms with Crippen LogP contribution in [0.1, 0.15) is 33.6 Å². The predicted octanol–water partition coefficient (Wildman–Crippen LogP) is 1.16. The lowest BCUT2D eigenvalue weighted by molar-refractivity contribution is -0.127. The van der Waals surface area contributed by atoms with Crippen molar-refractivity contribution < 1.29 is 18.4 Å². The molecule has 5 N–H and O–H groups in total. The highest BCUT2D eigenvalue weighted by molar-refractivity contribution is 5.96. The number of halogens is 2. The minimum absolute atomic E-state index is 0.00509. The molecule has 2 fully saturated rings. The van der Waals surface area contributed by atoms with E-state index in [1.54, 1.807) is 16.8 Å². The van der Waals surface area contributed by atoms with Crippen molar-refractivity contribution in [2.75, 3.05) is 43.4 Å². The number of nitroso groups, excluding NO2 is 1. The largest absolute Gasteiger partial charge is 0.367 e. The van der Waals surface area contributed by atoms with Gasteiger partial charge in [0, 0.05) is 37.6 Å². The smallest absolute Gasteiger partial charge is 0.234 e. The number of piperidine rings is 1. The van der Waals surface area contributed by atoms with Crippen LogP contribution >= 0.6 is 0 Å². The second-order valence-corrected chi connectivity index (χ2v) is 10.5. The summed E-state index contributed by atoms with van der Waals surface area (Å²) in [6.45, 7) is 6.59. The van der Waals surface area contributed by atoms with Gasteiger partial charge in [-0.25, -0.2) is 8.78 Å². The number of nitrogens with one attached hydrogen (secondary N) is 3. The molecule has 13 heteroatoms. The van der Waals surface area contributed by atoms with E-state index in [9.17, 15) is 23.3 Å². The van der Waals surface area contributed by atoms with Crippen molar-refractivity contribution in [3.63, 3.8) is 0 Å². The fraction of sp³-hybridized carbons (Fsp3) is 0.696. The van der Waals surface area contributed by atoms with E-state index in [0.717, 1.165) is 6.20 Å². The van der Waals surface area contributed by atoms with Crippen molar-refractivity contribution in [3.05, 3.63) is 23.1 Å². The number of amides is 2. The first kappa shape index (κ1) is 27.8. The number of aromatic nitrogens is 1. The quantitative estimate of drug-likeness (QED) is 0.400. The molecule has 0 aliphatic carbocycles. The van der Waals surface area contributed by atoms with Crippen LogP contribution in [0, 0.1) is 22.6 Å². The van der Waals surface area contributed by atoms with Crippen LogP contribution in [0.5, 0.6) is 0 Å². The Morgan fingerprint density at radius 2 is 1.94 bits per heavy atom. The van der Waals surface area contributed by atoms with Crippen molar-refractivity contribution in [1.82, 2.24) is 20.5 Å². The van der Waals surface area contributed by atoms with Crippen molar-refractivity contribution in [1.29, 1.82) is 0 Å². The first-order valence-corrected chi connectivity index (χ1v) is 12.1. The second kappa shape index (κ2) is 11.5. The molecule has 36 heavy (non-hydrogen) atoms. The number of pyridine rings is 1. The van der Waals surface area contributed by atoms with Crippen LogP contribution in [0.15, 0.2) is 17.6 Å². The minimum Gasteiger partial charge on any atom is -0.367 e. The number of carbonyl (C=O) groups excluding carboxylic acids is 2. The Morgan fingerprint density at radius 3 is 2.53 bits per heavy atom. The molecule has 0 spiro atoms. The molecule has 3 heterocycles. The van der Waals surface area contributed by atoms with Gasteiger partial charge in [-0.2, -0.15) is 0 Å². The summed E-state index contributed by atoms with van der Waals surface area (Å²) in [6, 6.07) is 0. The molecule has 11 nitrogen and oxygen atoms in total. The normalized spacial score (nSPS) is 23.6. The molecular weight excluding hydrogens is 474 g/mol. The summed E-state index contributed by atoms with van der Waals surface area (Å²) < 4.78 is 28.7. The molecular formula is C23H36F2N8O3. The van der Waals surface area contributed by atoms with Crippen LogP contribution in [0.3, 0.4) is 0 Å². The molecule has 2 aliphatic heterocycles.